The molecule has 27 heavy (non-hydrogen) atoms. The van der Waals surface area contributed by atoms with E-state index in [1.54, 1.807) is 44.4 Å². The van der Waals surface area contributed by atoms with Crippen LogP contribution in [0.2, 0.25) is 5.02 Å². The number of nitriles is 1. The van der Waals surface area contributed by atoms with Crippen LogP contribution in [0, 0.1) is 11.3 Å². The van der Waals surface area contributed by atoms with E-state index in [1.165, 1.54) is 4.57 Å². The molecular weight excluding hydrogens is 386 g/mol. The Labute approximate surface area is 166 Å². The normalized spacial score (nSPS) is 12.6. The Bertz CT molecular complexity index is 1020. The fourth-order valence-electron chi connectivity index (χ4n) is 2.41. The van der Waals surface area contributed by atoms with Crippen LogP contribution in [0.4, 0.5) is 0 Å². The van der Waals surface area contributed by atoms with Gasteiger partial charge in [-0.3, -0.25) is 14.2 Å². The standard InChI is InChI=1S/C19H20ClN3O3S/c1-3-23-18(25)16(11-13-5-7-14(20)8-6-13)27-19(23)15(12-21)17(24)22-9-4-10-26-2/h5-8,11H,3-4,9-10H2,1-2H3,(H,22,24). The molecule has 0 aliphatic carbocycles. The molecule has 6 nitrogen and oxygen atoms in total. The number of halogens is 1. The average molecular weight is 406 g/mol. The molecule has 1 amide bonds. The van der Waals surface area contributed by atoms with Crippen LogP contribution in [0.5, 0.6) is 0 Å². The van der Waals surface area contributed by atoms with E-state index in [-0.39, 0.29) is 11.1 Å². The molecule has 0 atom stereocenters. The van der Waals surface area contributed by atoms with Gasteiger partial charge in [-0.2, -0.15) is 5.26 Å². The molecule has 0 bridgehead atoms. The number of rotatable bonds is 7. The maximum atomic E-state index is 12.7. The molecule has 0 saturated carbocycles. The lowest BCUT2D eigenvalue weighted by molar-refractivity contribution is -0.115. The number of carbonyl (C=O) groups excluding carboxylic acids is 1. The number of thiazole rings is 1. The highest BCUT2D eigenvalue weighted by molar-refractivity contribution is 7.07. The average Bonchev–Trinajstić information content (AvgIpc) is 2.96. The largest absolute Gasteiger partial charge is 0.385 e. The Kier molecular flexibility index (Phi) is 7.80. The molecule has 142 valence electrons. The third kappa shape index (κ3) is 5.30. The van der Waals surface area contributed by atoms with Crippen molar-refractivity contribution < 1.29 is 9.53 Å². The number of hydrogen-bond donors (Lipinski definition) is 1. The molecule has 0 spiro atoms. The number of benzene rings is 1. The number of methoxy groups -OCH3 is 1. The highest BCUT2D eigenvalue weighted by atomic mass is 35.5. The number of ether oxygens (including phenoxy) is 1. The summed E-state index contributed by atoms with van der Waals surface area (Å²) in [5.41, 5.74) is 0.523. The van der Waals surface area contributed by atoms with Crippen LogP contribution in [0.25, 0.3) is 11.6 Å². The summed E-state index contributed by atoms with van der Waals surface area (Å²) in [5, 5.41) is 12.8. The smallest absolute Gasteiger partial charge is 0.269 e. The quantitative estimate of drug-likeness (QED) is 0.702. The van der Waals surface area contributed by atoms with Crippen molar-refractivity contribution in [1.29, 1.82) is 5.26 Å². The maximum Gasteiger partial charge on any atom is 0.269 e. The van der Waals surface area contributed by atoms with Crippen LogP contribution in [-0.2, 0) is 16.1 Å². The molecule has 0 fully saturated rings. The van der Waals surface area contributed by atoms with Crippen LogP contribution in [0.1, 0.15) is 18.9 Å². The Morgan fingerprint density at radius 2 is 2.11 bits per heavy atom. The minimum Gasteiger partial charge on any atom is -0.385 e. The molecule has 0 aliphatic heterocycles. The van der Waals surface area contributed by atoms with Gasteiger partial charge in [-0.1, -0.05) is 23.7 Å². The first-order chi connectivity index (χ1) is 13.0. The van der Waals surface area contributed by atoms with Gasteiger partial charge in [-0.15, -0.1) is 11.3 Å². The van der Waals surface area contributed by atoms with E-state index in [0.717, 1.165) is 16.9 Å². The zero-order chi connectivity index (χ0) is 19.8. The van der Waals surface area contributed by atoms with Gasteiger partial charge in [-0.05, 0) is 37.1 Å². The van der Waals surface area contributed by atoms with Gasteiger partial charge in [0.15, 0.2) is 5.57 Å². The minimum atomic E-state index is -0.491. The first kappa shape index (κ1) is 20.9. The van der Waals surface area contributed by atoms with Gasteiger partial charge in [0, 0.05) is 31.8 Å². The van der Waals surface area contributed by atoms with Crippen molar-refractivity contribution in [1.82, 2.24) is 9.88 Å². The van der Waals surface area contributed by atoms with Crippen LogP contribution < -0.4 is 20.1 Å². The summed E-state index contributed by atoms with van der Waals surface area (Å²) < 4.78 is 7.19. The van der Waals surface area contributed by atoms with E-state index in [2.05, 4.69) is 5.32 Å². The summed E-state index contributed by atoms with van der Waals surface area (Å²) in [5.74, 6) is -0.491. The fourth-order valence-corrected chi connectivity index (χ4v) is 3.69. The van der Waals surface area contributed by atoms with Crippen molar-refractivity contribution >= 4 is 40.5 Å². The van der Waals surface area contributed by atoms with Gasteiger partial charge in [0.25, 0.3) is 11.5 Å². The summed E-state index contributed by atoms with van der Waals surface area (Å²) >= 11 is 7.02. The monoisotopic (exact) mass is 405 g/mol. The number of hydrogen-bond acceptors (Lipinski definition) is 5. The third-order valence-electron chi connectivity index (χ3n) is 3.76. The predicted molar refractivity (Wildman–Crippen MR) is 107 cm³/mol. The molecule has 2 rings (SSSR count). The van der Waals surface area contributed by atoms with Gasteiger partial charge in [0.2, 0.25) is 0 Å². The highest BCUT2D eigenvalue weighted by Crippen LogP contribution is 2.09. The van der Waals surface area contributed by atoms with Crippen molar-refractivity contribution in [3.63, 3.8) is 0 Å². The van der Waals surface area contributed by atoms with Crippen molar-refractivity contribution in [2.45, 2.75) is 19.9 Å². The van der Waals surface area contributed by atoms with Crippen LogP contribution in [0.15, 0.2) is 29.1 Å². The zero-order valence-electron chi connectivity index (χ0n) is 15.1. The molecule has 0 radical (unpaired) electrons. The van der Waals surface area contributed by atoms with Gasteiger partial charge >= 0.3 is 0 Å². The summed E-state index contributed by atoms with van der Waals surface area (Å²) in [7, 11) is 1.58. The summed E-state index contributed by atoms with van der Waals surface area (Å²) in [4.78, 5) is 25.1. The SMILES string of the molecule is CCn1c(=C(C#N)C(=O)NCCCOC)sc(=Cc2ccc(Cl)cc2)c1=O. The van der Waals surface area contributed by atoms with Crippen molar-refractivity contribution in [3.8, 4) is 6.07 Å². The van der Waals surface area contributed by atoms with Crippen molar-refractivity contribution in [3.05, 3.63) is 54.4 Å². The minimum absolute atomic E-state index is 0.0628. The van der Waals surface area contributed by atoms with Crippen molar-refractivity contribution in [2.24, 2.45) is 0 Å². The van der Waals surface area contributed by atoms with Crippen molar-refractivity contribution in [2.75, 3.05) is 20.3 Å². The lowest BCUT2D eigenvalue weighted by Crippen LogP contribution is -2.34. The summed E-state index contributed by atoms with van der Waals surface area (Å²) in [6.07, 6.45) is 2.37. The molecule has 8 heteroatoms. The molecular formula is C19H20ClN3O3S. The topological polar surface area (TPSA) is 84.1 Å². The van der Waals surface area contributed by atoms with E-state index >= 15 is 0 Å². The van der Waals surface area contributed by atoms with Gasteiger partial charge in [0.05, 0.1) is 4.53 Å². The number of nitrogens with zero attached hydrogens (tertiary/aromatic N) is 2. The number of aromatic nitrogens is 1. The first-order valence-corrected chi connectivity index (χ1v) is 9.59. The molecule has 0 saturated heterocycles. The maximum absolute atomic E-state index is 12.7. The summed E-state index contributed by atoms with van der Waals surface area (Å²) in [6, 6.07) is 9.01. The number of amides is 1. The Morgan fingerprint density at radius 3 is 2.70 bits per heavy atom. The Hall–Kier alpha value is -2.40. The third-order valence-corrected chi connectivity index (χ3v) is 5.14. The van der Waals surface area contributed by atoms with Crippen LogP contribution in [-0.4, -0.2) is 30.7 Å². The number of nitrogens with one attached hydrogen (secondary N) is 1. The van der Waals surface area contributed by atoms with Gasteiger partial charge in [0.1, 0.15) is 10.7 Å². The second-order valence-corrected chi connectivity index (χ2v) is 7.07. The Balaban J connectivity index is 2.50. The van der Waals surface area contributed by atoms with E-state index < -0.39 is 5.91 Å². The van der Waals surface area contributed by atoms with E-state index in [1.807, 2.05) is 6.07 Å². The second kappa shape index (κ2) is 10.1. The van der Waals surface area contributed by atoms with Crippen LogP contribution in [0.3, 0.4) is 0 Å². The van der Waals surface area contributed by atoms with Gasteiger partial charge in [-0.25, -0.2) is 0 Å². The lowest BCUT2D eigenvalue weighted by Gasteiger charge is -2.04. The van der Waals surface area contributed by atoms with E-state index in [4.69, 9.17) is 16.3 Å². The highest BCUT2D eigenvalue weighted by Gasteiger charge is 2.14. The molecule has 0 aliphatic rings. The molecule has 1 aromatic carbocycles. The molecule has 0 unspecified atom stereocenters. The summed E-state index contributed by atoms with van der Waals surface area (Å²) in [6.45, 7) is 3.07. The zero-order valence-corrected chi connectivity index (χ0v) is 16.7. The molecule has 1 heterocycles. The lowest BCUT2D eigenvalue weighted by atomic mass is 10.2. The first-order valence-electron chi connectivity index (χ1n) is 8.40. The predicted octanol–water partition coefficient (Wildman–Crippen LogP) is 1.24. The second-order valence-electron chi connectivity index (χ2n) is 5.61. The van der Waals surface area contributed by atoms with Crippen LogP contribution >= 0.6 is 22.9 Å². The fraction of sp³-hybridized carbons (Fsp3) is 0.316. The molecule has 2 aromatic rings. The van der Waals surface area contributed by atoms with E-state index in [9.17, 15) is 14.9 Å². The Morgan fingerprint density at radius 1 is 1.41 bits per heavy atom. The van der Waals surface area contributed by atoms with E-state index in [0.29, 0.717) is 40.3 Å². The van der Waals surface area contributed by atoms with Gasteiger partial charge < -0.3 is 10.1 Å². The molecule has 1 N–H and O–H groups in total. The number of carbonyl (C=O) groups is 1. The molecule has 1 aromatic heterocycles.